The number of amides is 1. The number of nitrogens with one attached hydrogen (secondary N) is 2. The molecule has 0 aliphatic carbocycles. The summed E-state index contributed by atoms with van der Waals surface area (Å²) >= 11 is 0. The molecule has 0 spiro atoms. The van der Waals surface area contributed by atoms with Crippen LogP contribution in [-0.2, 0) is 9.63 Å². The van der Waals surface area contributed by atoms with E-state index in [1.807, 2.05) is 0 Å². The Morgan fingerprint density at radius 1 is 1.54 bits per heavy atom. The first-order valence-electron chi connectivity index (χ1n) is 4.85. The van der Waals surface area contributed by atoms with Gasteiger partial charge in [0.15, 0.2) is 0 Å². The van der Waals surface area contributed by atoms with Crippen LogP contribution in [0.25, 0.3) is 0 Å². The monoisotopic (exact) mass is 186 g/mol. The molecule has 1 atom stereocenters. The van der Waals surface area contributed by atoms with E-state index < -0.39 is 0 Å². The largest absolute Gasteiger partial charge is 0.317 e. The molecule has 1 rings (SSSR count). The zero-order valence-electron chi connectivity index (χ0n) is 8.14. The van der Waals surface area contributed by atoms with Crippen LogP contribution in [0.1, 0.15) is 25.7 Å². The Labute approximate surface area is 79.0 Å². The van der Waals surface area contributed by atoms with E-state index in [9.17, 15) is 4.79 Å². The average molecular weight is 186 g/mol. The van der Waals surface area contributed by atoms with E-state index in [1.165, 1.54) is 13.5 Å². The summed E-state index contributed by atoms with van der Waals surface area (Å²) in [5.41, 5.74) is 2.35. The van der Waals surface area contributed by atoms with Crippen LogP contribution < -0.4 is 10.8 Å². The highest BCUT2D eigenvalue weighted by molar-refractivity contribution is 5.74. The fraction of sp³-hybridized carbons (Fsp3) is 0.889. The molecule has 0 radical (unpaired) electrons. The van der Waals surface area contributed by atoms with Crippen LogP contribution >= 0.6 is 0 Å². The normalized spacial score (nSPS) is 23.6. The molecular formula is C9H18N2O2. The number of carbonyl (C=O) groups excluding carboxylic acids is 1. The van der Waals surface area contributed by atoms with Crippen LogP contribution in [0.15, 0.2) is 0 Å². The molecule has 1 saturated heterocycles. The number of carbonyl (C=O) groups is 1. The van der Waals surface area contributed by atoms with E-state index in [4.69, 9.17) is 0 Å². The van der Waals surface area contributed by atoms with E-state index in [-0.39, 0.29) is 5.91 Å². The van der Waals surface area contributed by atoms with E-state index in [2.05, 4.69) is 15.6 Å². The summed E-state index contributed by atoms with van der Waals surface area (Å²) in [7, 11) is 1.46. The summed E-state index contributed by atoms with van der Waals surface area (Å²) in [6.45, 7) is 2.12. The van der Waals surface area contributed by atoms with E-state index >= 15 is 0 Å². The van der Waals surface area contributed by atoms with E-state index in [1.54, 1.807) is 0 Å². The quantitative estimate of drug-likeness (QED) is 0.629. The van der Waals surface area contributed by atoms with Gasteiger partial charge in [0.1, 0.15) is 0 Å². The third kappa shape index (κ3) is 4.24. The summed E-state index contributed by atoms with van der Waals surface area (Å²) in [5, 5.41) is 3.32. The van der Waals surface area contributed by atoms with Crippen molar-refractivity contribution in [3.05, 3.63) is 0 Å². The average Bonchev–Trinajstić information content (AvgIpc) is 2.33. The summed E-state index contributed by atoms with van der Waals surface area (Å²) in [5.74, 6) is 0.513. The van der Waals surface area contributed by atoms with Gasteiger partial charge >= 0.3 is 0 Å². The molecule has 1 fully saturated rings. The zero-order valence-corrected chi connectivity index (χ0v) is 8.14. The predicted octanol–water partition coefficient (Wildman–Crippen LogP) is 0.444. The maximum absolute atomic E-state index is 11.2. The topological polar surface area (TPSA) is 50.4 Å². The van der Waals surface area contributed by atoms with Gasteiger partial charge in [-0.2, -0.15) is 0 Å². The van der Waals surface area contributed by atoms with Crippen molar-refractivity contribution in [1.29, 1.82) is 0 Å². The van der Waals surface area contributed by atoms with Gasteiger partial charge in [0.2, 0.25) is 5.91 Å². The molecule has 1 aliphatic heterocycles. The van der Waals surface area contributed by atoms with Crippen molar-refractivity contribution in [2.24, 2.45) is 5.92 Å². The summed E-state index contributed by atoms with van der Waals surface area (Å²) < 4.78 is 0. The van der Waals surface area contributed by atoms with Gasteiger partial charge in [-0.05, 0) is 38.3 Å². The second-order valence-electron chi connectivity index (χ2n) is 3.48. The number of rotatable bonds is 3. The summed E-state index contributed by atoms with van der Waals surface area (Å²) in [6.07, 6.45) is 4.00. The van der Waals surface area contributed by atoms with E-state index in [0.29, 0.717) is 12.3 Å². The molecule has 1 aliphatic rings. The standard InChI is InChI=1S/C9H18N2O2/c1-13-11-9(12)7-8-3-2-5-10-6-4-8/h8,10H,2-7H2,1H3,(H,11,12). The highest BCUT2D eigenvalue weighted by Crippen LogP contribution is 2.16. The minimum atomic E-state index is -0.00519. The molecule has 76 valence electrons. The Morgan fingerprint density at radius 3 is 3.15 bits per heavy atom. The highest BCUT2D eigenvalue weighted by Gasteiger charge is 2.15. The van der Waals surface area contributed by atoms with Crippen molar-refractivity contribution in [1.82, 2.24) is 10.8 Å². The van der Waals surface area contributed by atoms with Crippen LogP contribution in [-0.4, -0.2) is 26.1 Å². The first-order valence-corrected chi connectivity index (χ1v) is 4.85. The van der Waals surface area contributed by atoms with Crippen molar-refractivity contribution in [3.63, 3.8) is 0 Å². The lowest BCUT2D eigenvalue weighted by Gasteiger charge is -2.11. The van der Waals surface area contributed by atoms with Gasteiger partial charge < -0.3 is 5.32 Å². The van der Waals surface area contributed by atoms with E-state index in [0.717, 1.165) is 25.9 Å². The number of hydrogen-bond donors (Lipinski definition) is 2. The molecule has 0 aromatic heterocycles. The van der Waals surface area contributed by atoms with Crippen LogP contribution in [0.4, 0.5) is 0 Å². The Morgan fingerprint density at radius 2 is 2.38 bits per heavy atom. The minimum absolute atomic E-state index is 0.00519. The van der Waals surface area contributed by atoms with Crippen molar-refractivity contribution in [2.75, 3.05) is 20.2 Å². The Hall–Kier alpha value is -0.610. The highest BCUT2D eigenvalue weighted by atomic mass is 16.6. The Kier molecular flexibility index (Phi) is 4.78. The fourth-order valence-electron chi connectivity index (χ4n) is 1.71. The predicted molar refractivity (Wildman–Crippen MR) is 50.0 cm³/mol. The molecule has 1 heterocycles. The third-order valence-corrected chi connectivity index (χ3v) is 2.39. The number of hydroxylamine groups is 1. The molecule has 4 nitrogen and oxygen atoms in total. The lowest BCUT2D eigenvalue weighted by Crippen LogP contribution is -2.24. The lowest BCUT2D eigenvalue weighted by molar-refractivity contribution is -0.132. The van der Waals surface area contributed by atoms with Crippen LogP contribution in [0.2, 0.25) is 0 Å². The molecule has 1 amide bonds. The smallest absolute Gasteiger partial charge is 0.243 e. The number of hydrogen-bond acceptors (Lipinski definition) is 3. The molecular weight excluding hydrogens is 168 g/mol. The van der Waals surface area contributed by atoms with Gasteiger partial charge in [-0.1, -0.05) is 0 Å². The summed E-state index contributed by atoms with van der Waals surface area (Å²) in [4.78, 5) is 15.7. The first-order chi connectivity index (χ1) is 6.33. The molecule has 0 bridgehead atoms. The maximum atomic E-state index is 11.2. The second-order valence-corrected chi connectivity index (χ2v) is 3.48. The van der Waals surface area contributed by atoms with Crippen molar-refractivity contribution >= 4 is 5.91 Å². The summed E-state index contributed by atoms with van der Waals surface area (Å²) in [6, 6.07) is 0. The van der Waals surface area contributed by atoms with Gasteiger partial charge in [-0.15, -0.1) is 0 Å². The van der Waals surface area contributed by atoms with Crippen molar-refractivity contribution < 1.29 is 9.63 Å². The Bertz CT molecular complexity index is 154. The molecule has 0 aromatic rings. The van der Waals surface area contributed by atoms with Gasteiger partial charge in [0, 0.05) is 6.42 Å². The van der Waals surface area contributed by atoms with Gasteiger partial charge in [0.05, 0.1) is 7.11 Å². The minimum Gasteiger partial charge on any atom is -0.317 e. The molecule has 0 aromatic carbocycles. The molecule has 1 unspecified atom stereocenters. The molecule has 13 heavy (non-hydrogen) atoms. The molecule has 0 saturated carbocycles. The van der Waals surface area contributed by atoms with Gasteiger partial charge in [-0.3, -0.25) is 9.63 Å². The molecule has 2 N–H and O–H groups in total. The zero-order chi connectivity index (χ0) is 9.52. The first kappa shape index (κ1) is 10.5. The van der Waals surface area contributed by atoms with Crippen LogP contribution in [0, 0.1) is 5.92 Å². The third-order valence-electron chi connectivity index (χ3n) is 2.39. The second kappa shape index (κ2) is 5.94. The van der Waals surface area contributed by atoms with Crippen molar-refractivity contribution in [2.45, 2.75) is 25.7 Å². The van der Waals surface area contributed by atoms with Crippen LogP contribution in [0.5, 0.6) is 0 Å². The lowest BCUT2D eigenvalue weighted by atomic mass is 9.97. The SMILES string of the molecule is CONC(=O)CC1CCCNCC1. The van der Waals surface area contributed by atoms with Gasteiger partial charge in [-0.25, -0.2) is 5.48 Å². The van der Waals surface area contributed by atoms with Crippen LogP contribution in [0.3, 0.4) is 0 Å². The molecule has 4 heteroatoms. The van der Waals surface area contributed by atoms with Gasteiger partial charge in [0.25, 0.3) is 0 Å². The Balaban J connectivity index is 2.21. The maximum Gasteiger partial charge on any atom is 0.243 e. The van der Waals surface area contributed by atoms with Crippen molar-refractivity contribution in [3.8, 4) is 0 Å². The fourth-order valence-corrected chi connectivity index (χ4v) is 1.71.